The number of amides is 2. The summed E-state index contributed by atoms with van der Waals surface area (Å²) in [5.74, 6) is 0.382. The number of carbonyl (C=O) groups excluding carboxylic acids is 1. The van der Waals surface area contributed by atoms with Gasteiger partial charge < -0.3 is 20.1 Å². The van der Waals surface area contributed by atoms with Crippen LogP contribution in [0.25, 0.3) is 10.9 Å². The minimum absolute atomic E-state index is 0.0304. The SMILES string of the molecule is COc1cc2nccc(Oc3ccc(NC(=O)Nc4ccc(F)cc4)c(F)c3)c2cc1C. The number of anilines is 2. The van der Waals surface area contributed by atoms with E-state index in [4.69, 9.17) is 9.47 Å². The number of methoxy groups -OCH3 is 1. The van der Waals surface area contributed by atoms with Gasteiger partial charge in [-0.05, 0) is 61.0 Å². The number of urea groups is 1. The van der Waals surface area contributed by atoms with Gasteiger partial charge >= 0.3 is 6.03 Å². The summed E-state index contributed by atoms with van der Waals surface area (Å²) in [6, 6.07) is 14.1. The minimum atomic E-state index is -0.673. The molecule has 0 atom stereocenters. The second kappa shape index (κ2) is 8.89. The van der Waals surface area contributed by atoms with E-state index in [2.05, 4.69) is 15.6 Å². The number of carbonyl (C=O) groups is 1. The van der Waals surface area contributed by atoms with Gasteiger partial charge in [0.25, 0.3) is 0 Å². The topological polar surface area (TPSA) is 72.5 Å². The molecule has 0 aliphatic carbocycles. The van der Waals surface area contributed by atoms with Crippen LogP contribution < -0.4 is 20.1 Å². The van der Waals surface area contributed by atoms with E-state index in [1.807, 2.05) is 19.1 Å². The molecule has 1 heterocycles. The zero-order chi connectivity index (χ0) is 22.7. The van der Waals surface area contributed by atoms with Crippen molar-refractivity contribution in [1.82, 2.24) is 4.98 Å². The minimum Gasteiger partial charge on any atom is -0.496 e. The second-order valence-corrected chi connectivity index (χ2v) is 6.98. The van der Waals surface area contributed by atoms with Gasteiger partial charge in [-0.3, -0.25) is 4.98 Å². The molecule has 6 nitrogen and oxygen atoms in total. The van der Waals surface area contributed by atoms with Crippen molar-refractivity contribution in [1.29, 1.82) is 0 Å². The monoisotopic (exact) mass is 435 g/mol. The van der Waals surface area contributed by atoms with Gasteiger partial charge in [-0.1, -0.05) is 0 Å². The maximum atomic E-state index is 14.6. The highest BCUT2D eigenvalue weighted by atomic mass is 19.1. The summed E-state index contributed by atoms with van der Waals surface area (Å²) >= 11 is 0. The Labute approximate surface area is 182 Å². The molecule has 0 saturated carbocycles. The maximum absolute atomic E-state index is 14.6. The molecule has 0 saturated heterocycles. The Kier molecular flexibility index (Phi) is 5.85. The van der Waals surface area contributed by atoms with E-state index in [9.17, 15) is 13.6 Å². The van der Waals surface area contributed by atoms with Gasteiger partial charge in [-0.2, -0.15) is 0 Å². The van der Waals surface area contributed by atoms with Gasteiger partial charge in [0.1, 0.15) is 28.9 Å². The number of hydrogen-bond acceptors (Lipinski definition) is 4. The molecule has 2 amide bonds. The van der Waals surface area contributed by atoms with Crippen LogP contribution in [0.5, 0.6) is 17.2 Å². The molecule has 2 N–H and O–H groups in total. The Balaban J connectivity index is 1.50. The first-order valence-corrected chi connectivity index (χ1v) is 9.67. The van der Waals surface area contributed by atoms with Gasteiger partial charge in [0.2, 0.25) is 0 Å². The molecule has 8 heteroatoms. The third-order valence-corrected chi connectivity index (χ3v) is 4.74. The third-order valence-electron chi connectivity index (χ3n) is 4.74. The predicted octanol–water partition coefficient (Wildman–Crippen LogP) is 6.27. The number of halogens is 2. The number of aromatic nitrogens is 1. The van der Waals surface area contributed by atoms with Gasteiger partial charge in [0.05, 0.1) is 18.3 Å². The molecule has 0 unspecified atom stereocenters. The fourth-order valence-corrected chi connectivity index (χ4v) is 3.17. The Hall–Kier alpha value is -4.20. The molecule has 162 valence electrons. The van der Waals surface area contributed by atoms with Crippen molar-refractivity contribution in [2.75, 3.05) is 17.7 Å². The largest absolute Gasteiger partial charge is 0.496 e. The number of ether oxygens (including phenoxy) is 2. The van der Waals surface area contributed by atoms with E-state index in [1.165, 1.54) is 36.4 Å². The zero-order valence-corrected chi connectivity index (χ0v) is 17.3. The fourth-order valence-electron chi connectivity index (χ4n) is 3.17. The summed E-state index contributed by atoms with van der Waals surface area (Å²) in [5.41, 5.74) is 1.94. The van der Waals surface area contributed by atoms with E-state index in [0.29, 0.717) is 22.7 Å². The Morgan fingerprint density at radius 3 is 2.44 bits per heavy atom. The van der Waals surface area contributed by atoms with Crippen LogP contribution in [0.3, 0.4) is 0 Å². The van der Waals surface area contributed by atoms with E-state index in [1.54, 1.807) is 25.4 Å². The number of hydrogen-bond donors (Lipinski definition) is 2. The van der Waals surface area contributed by atoms with E-state index in [0.717, 1.165) is 10.9 Å². The lowest BCUT2D eigenvalue weighted by molar-refractivity contribution is 0.262. The summed E-state index contributed by atoms with van der Waals surface area (Å²) in [5, 5.41) is 5.67. The summed E-state index contributed by atoms with van der Waals surface area (Å²) in [7, 11) is 1.59. The lowest BCUT2D eigenvalue weighted by Gasteiger charge is -2.13. The number of rotatable bonds is 5. The molecule has 0 aliphatic heterocycles. The van der Waals surface area contributed by atoms with Crippen LogP contribution in [0, 0.1) is 18.6 Å². The van der Waals surface area contributed by atoms with Crippen molar-refractivity contribution in [2.45, 2.75) is 6.92 Å². The van der Waals surface area contributed by atoms with Crippen molar-refractivity contribution in [3.05, 3.63) is 84.1 Å². The van der Waals surface area contributed by atoms with E-state index < -0.39 is 17.7 Å². The van der Waals surface area contributed by atoms with Crippen LogP contribution in [0.15, 0.2) is 66.9 Å². The number of fused-ring (bicyclic) bond motifs is 1. The quantitative estimate of drug-likeness (QED) is 0.388. The summed E-state index contributed by atoms with van der Waals surface area (Å²) in [6.07, 6.45) is 1.60. The van der Waals surface area contributed by atoms with Gasteiger partial charge in [-0.15, -0.1) is 0 Å². The lowest BCUT2D eigenvalue weighted by atomic mass is 10.1. The van der Waals surface area contributed by atoms with Crippen molar-refractivity contribution < 1.29 is 23.0 Å². The van der Waals surface area contributed by atoms with Gasteiger partial charge in [-0.25, -0.2) is 13.6 Å². The summed E-state index contributed by atoms with van der Waals surface area (Å²) in [4.78, 5) is 16.4. The van der Waals surface area contributed by atoms with E-state index >= 15 is 0 Å². The highest BCUT2D eigenvalue weighted by Gasteiger charge is 2.12. The predicted molar refractivity (Wildman–Crippen MR) is 119 cm³/mol. The molecule has 32 heavy (non-hydrogen) atoms. The highest BCUT2D eigenvalue weighted by molar-refractivity contribution is 5.99. The van der Waals surface area contributed by atoms with Crippen molar-refractivity contribution in [2.24, 2.45) is 0 Å². The Morgan fingerprint density at radius 1 is 0.938 bits per heavy atom. The Morgan fingerprint density at radius 2 is 1.72 bits per heavy atom. The van der Waals surface area contributed by atoms with Crippen molar-refractivity contribution in [3.63, 3.8) is 0 Å². The van der Waals surface area contributed by atoms with Crippen LogP contribution in [0.4, 0.5) is 25.0 Å². The average Bonchev–Trinajstić information content (AvgIpc) is 2.77. The van der Waals surface area contributed by atoms with Gasteiger partial charge in [0, 0.05) is 29.4 Å². The van der Waals surface area contributed by atoms with Crippen molar-refractivity contribution in [3.8, 4) is 17.2 Å². The Bertz CT molecular complexity index is 1290. The molecular formula is C24H19F2N3O3. The number of nitrogens with one attached hydrogen (secondary N) is 2. The van der Waals surface area contributed by atoms with Crippen LogP contribution in [-0.4, -0.2) is 18.1 Å². The van der Waals surface area contributed by atoms with Crippen LogP contribution in [-0.2, 0) is 0 Å². The third kappa shape index (κ3) is 4.59. The first-order chi connectivity index (χ1) is 15.4. The number of nitrogens with zero attached hydrogens (tertiary/aromatic N) is 1. The molecule has 0 spiro atoms. The number of pyridine rings is 1. The lowest BCUT2D eigenvalue weighted by Crippen LogP contribution is -2.20. The van der Waals surface area contributed by atoms with Crippen LogP contribution in [0.2, 0.25) is 0 Å². The molecule has 0 fully saturated rings. The maximum Gasteiger partial charge on any atom is 0.323 e. The average molecular weight is 435 g/mol. The van der Waals surface area contributed by atoms with Crippen LogP contribution in [0.1, 0.15) is 5.56 Å². The second-order valence-electron chi connectivity index (χ2n) is 6.98. The molecule has 0 aliphatic rings. The first-order valence-electron chi connectivity index (χ1n) is 9.67. The van der Waals surface area contributed by atoms with Crippen LogP contribution >= 0.6 is 0 Å². The molecule has 4 rings (SSSR count). The molecule has 0 bridgehead atoms. The number of benzene rings is 3. The fraction of sp³-hybridized carbons (Fsp3) is 0.0833. The molecule has 4 aromatic rings. The van der Waals surface area contributed by atoms with Gasteiger partial charge in [0.15, 0.2) is 0 Å². The first kappa shape index (κ1) is 21.0. The molecule has 3 aromatic carbocycles. The molecule has 0 radical (unpaired) electrons. The number of aryl methyl sites for hydroxylation is 1. The van der Waals surface area contributed by atoms with Crippen molar-refractivity contribution >= 4 is 28.3 Å². The summed E-state index contributed by atoms with van der Waals surface area (Å²) in [6.45, 7) is 1.91. The molecule has 1 aromatic heterocycles. The zero-order valence-electron chi connectivity index (χ0n) is 17.3. The standard InChI is InChI=1S/C24H19F2N3O3/c1-14-11-18-21(13-23(14)31-2)27-10-9-22(18)32-17-7-8-20(19(26)12-17)29-24(30)28-16-5-3-15(25)4-6-16/h3-13H,1-2H3,(H2,28,29,30). The normalized spacial score (nSPS) is 10.6. The summed E-state index contributed by atoms with van der Waals surface area (Å²) < 4.78 is 38.8. The smallest absolute Gasteiger partial charge is 0.323 e. The van der Waals surface area contributed by atoms with E-state index in [-0.39, 0.29) is 11.4 Å². The highest BCUT2D eigenvalue weighted by Crippen LogP contribution is 2.33. The molecular weight excluding hydrogens is 416 g/mol.